The van der Waals surface area contributed by atoms with Crippen molar-refractivity contribution in [3.63, 3.8) is 0 Å². The zero-order valence-corrected chi connectivity index (χ0v) is 13.5. The minimum atomic E-state index is 0.551. The van der Waals surface area contributed by atoms with Gasteiger partial charge in [0, 0.05) is 6.04 Å². The van der Waals surface area contributed by atoms with E-state index in [-0.39, 0.29) is 0 Å². The number of nitrogens with one attached hydrogen (secondary N) is 1. The highest BCUT2D eigenvalue weighted by atomic mass is 14.9. The summed E-state index contributed by atoms with van der Waals surface area (Å²) in [5, 5.41) is 3.73. The number of hydrogen-bond donors (Lipinski definition) is 1. The lowest BCUT2D eigenvalue weighted by atomic mass is 9.84. The average Bonchev–Trinajstić information content (AvgIpc) is 3.18. The van der Waals surface area contributed by atoms with E-state index in [1.165, 1.54) is 47.1 Å². The van der Waals surface area contributed by atoms with Crippen LogP contribution >= 0.6 is 0 Å². The van der Waals surface area contributed by atoms with Crippen molar-refractivity contribution in [3.8, 4) is 0 Å². The standard InChI is InChI=1S/C18H29N/c1-7-19-17(10-16-8-9-16)18-14(5)12(3)11(2)13(4)15(18)6/h16-17,19H,7-10H2,1-6H3. The minimum absolute atomic E-state index is 0.551. The molecule has 1 aromatic carbocycles. The van der Waals surface area contributed by atoms with Gasteiger partial charge in [0.2, 0.25) is 0 Å². The molecule has 0 aromatic heterocycles. The molecule has 1 atom stereocenters. The van der Waals surface area contributed by atoms with Gasteiger partial charge < -0.3 is 5.32 Å². The first kappa shape index (κ1) is 14.6. The zero-order chi connectivity index (χ0) is 14.2. The van der Waals surface area contributed by atoms with Crippen LogP contribution < -0.4 is 5.32 Å². The van der Waals surface area contributed by atoms with Crippen LogP contribution in [0.15, 0.2) is 0 Å². The van der Waals surface area contributed by atoms with Crippen molar-refractivity contribution in [1.82, 2.24) is 5.32 Å². The zero-order valence-electron chi connectivity index (χ0n) is 13.5. The van der Waals surface area contributed by atoms with E-state index in [1.54, 1.807) is 5.56 Å². The van der Waals surface area contributed by atoms with Crippen LogP contribution in [-0.4, -0.2) is 6.54 Å². The van der Waals surface area contributed by atoms with E-state index in [0.29, 0.717) is 6.04 Å². The fraction of sp³-hybridized carbons (Fsp3) is 0.667. The molecule has 0 saturated heterocycles. The van der Waals surface area contributed by atoms with Crippen LogP contribution in [0.4, 0.5) is 0 Å². The summed E-state index contributed by atoms with van der Waals surface area (Å²) in [4.78, 5) is 0. The van der Waals surface area contributed by atoms with Gasteiger partial charge in [-0.2, -0.15) is 0 Å². The smallest absolute Gasteiger partial charge is 0.0328 e. The molecule has 0 bridgehead atoms. The van der Waals surface area contributed by atoms with Crippen molar-refractivity contribution in [3.05, 3.63) is 33.4 Å². The lowest BCUT2D eigenvalue weighted by molar-refractivity contribution is 0.482. The predicted molar refractivity (Wildman–Crippen MR) is 83.9 cm³/mol. The van der Waals surface area contributed by atoms with Gasteiger partial charge in [0.05, 0.1) is 0 Å². The number of rotatable bonds is 5. The van der Waals surface area contributed by atoms with Crippen LogP contribution in [0.25, 0.3) is 0 Å². The van der Waals surface area contributed by atoms with Crippen LogP contribution in [0, 0.1) is 40.5 Å². The second-order valence-electron chi connectivity index (χ2n) is 6.33. The largest absolute Gasteiger partial charge is 0.310 e. The van der Waals surface area contributed by atoms with Gasteiger partial charge in [-0.1, -0.05) is 19.8 Å². The number of benzene rings is 1. The Labute approximate surface area is 118 Å². The molecule has 0 spiro atoms. The van der Waals surface area contributed by atoms with Crippen molar-refractivity contribution in [2.75, 3.05) is 6.54 Å². The minimum Gasteiger partial charge on any atom is -0.310 e. The first-order chi connectivity index (χ1) is 8.97. The quantitative estimate of drug-likeness (QED) is 0.809. The fourth-order valence-corrected chi connectivity index (χ4v) is 3.29. The normalized spacial score (nSPS) is 16.7. The highest BCUT2D eigenvalue weighted by Gasteiger charge is 2.28. The predicted octanol–water partition coefficient (Wildman–Crippen LogP) is 4.68. The molecule has 1 N–H and O–H groups in total. The van der Waals surface area contributed by atoms with E-state index < -0.39 is 0 Å². The summed E-state index contributed by atoms with van der Waals surface area (Å²) in [7, 11) is 0. The lowest BCUT2D eigenvalue weighted by Crippen LogP contribution is -2.24. The molecule has 1 aliphatic rings. The summed E-state index contributed by atoms with van der Waals surface area (Å²) in [5.74, 6) is 0.963. The molecule has 1 heteroatoms. The first-order valence-electron chi connectivity index (χ1n) is 7.77. The summed E-state index contributed by atoms with van der Waals surface area (Å²) in [6.07, 6.45) is 4.19. The van der Waals surface area contributed by atoms with E-state index in [0.717, 1.165) is 12.5 Å². The Morgan fingerprint density at radius 3 is 1.79 bits per heavy atom. The Morgan fingerprint density at radius 2 is 1.37 bits per heavy atom. The molecule has 106 valence electrons. The Kier molecular flexibility index (Phi) is 4.35. The SMILES string of the molecule is CCNC(CC1CC1)c1c(C)c(C)c(C)c(C)c1C. The third-order valence-corrected chi connectivity index (χ3v) is 5.12. The van der Waals surface area contributed by atoms with Crippen LogP contribution in [0.3, 0.4) is 0 Å². The summed E-state index contributed by atoms with van der Waals surface area (Å²) < 4.78 is 0. The summed E-state index contributed by atoms with van der Waals surface area (Å²) in [5.41, 5.74) is 9.03. The lowest BCUT2D eigenvalue weighted by Gasteiger charge is -2.26. The maximum Gasteiger partial charge on any atom is 0.0328 e. The third kappa shape index (κ3) is 2.86. The van der Waals surface area contributed by atoms with Crippen LogP contribution in [-0.2, 0) is 0 Å². The van der Waals surface area contributed by atoms with Crippen LogP contribution in [0.2, 0.25) is 0 Å². The second kappa shape index (κ2) is 5.66. The molecule has 1 saturated carbocycles. The summed E-state index contributed by atoms with van der Waals surface area (Å²) in [6, 6.07) is 0.551. The molecule has 1 aromatic rings. The van der Waals surface area contributed by atoms with Gasteiger partial charge in [-0.25, -0.2) is 0 Å². The van der Waals surface area contributed by atoms with Gasteiger partial charge in [0.1, 0.15) is 0 Å². The molecule has 1 nitrogen and oxygen atoms in total. The molecular formula is C18H29N. The highest BCUT2D eigenvalue weighted by Crippen LogP contribution is 2.40. The molecular weight excluding hydrogens is 230 g/mol. The van der Waals surface area contributed by atoms with E-state index in [4.69, 9.17) is 0 Å². The van der Waals surface area contributed by atoms with Crippen molar-refractivity contribution >= 4 is 0 Å². The van der Waals surface area contributed by atoms with Crippen LogP contribution in [0.1, 0.15) is 65.6 Å². The molecule has 0 radical (unpaired) electrons. The first-order valence-corrected chi connectivity index (χ1v) is 7.77. The van der Waals surface area contributed by atoms with Crippen molar-refractivity contribution in [2.45, 2.75) is 66.8 Å². The molecule has 19 heavy (non-hydrogen) atoms. The Balaban J connectivity index is 2.45. The Bertz CT molecular complexity index is 440. The van der Waals surface area contributed by atoms with Gasteiger partial charge in [-0.15, -0.1) is 0 Å². The van der Waals surface area contributed by atoms with E-state index >= 15 is 0 Å². The van der Waals surface area contributed by atoms with Gasteiger partial charge in [0.15, 0.2) is 0 Å². The van der Waals surface area contributed by atoms with Crippen molar-refractivity contribution < 1.29 is 0 Å². The van der Waals surface area contributed by atoms with Crippen LogP contribution in [0.5, 0.6) is 0 Å². The fourth-order valence-electron chi connectivity index (χ4n) is 3.29. The van der Waals surface area contributed by atoms with E-state index in [2.05, 4.69) is 46.9 Å². The van der Waals surface area contributed by atoms with E-state index in [1.807, 2.05) is 0 Å². The maximum absolute atomic E-state index is 3.73. The molecule has 0 amide bonds. The summed E-state index contributed by atoms with van der Waals surface area (Å²) in [6.45, 7) is 14.7. The van der Waals surface area contributed by atoms with Gasteiger partial charge in [-0.3, -0.25) is 0 Å². The maximum atomic E-state index is 3.73. The molecule has 1 fully saturated rings. The monoisotopic (exact) mass is 259 g/mol. The molecule has 0 heterocycles. The molecule has 1 unspecified atom stereocenters. The molecule has 2 rings (SSSR count). The second-order valence-corrected chi connectivity index (χ2v) is 6.33. The highest BCUT2D eigenvalue weighted by molar-refractivity contribution is 5.50. The number of hydrogen-bond acceptors (Lipinski definition) is 1. The van der Waals surface area contributed by atoms with E-state index in [9.17, 15) is 0 Å². The van der Waals surface area contributed by atoms with Gasteiger partial charge in [0.25, 0.3) is 0 Å². The topological polar surface area (TPSA) is 12.0 Å². The third-order valence-electron chi connectivity index (χ3n) is 5.12. The Morgan fingerprint density at radius 1 is 0.895 bits per heavy atom. The van der Waals surface area contributed by atoms with Crippen molar-refractivity contribution in [1.29, 1.82) is 0 Å². The summed E-state index contributed by atoms with van der Waals surface area (Å²) >= 11 is 0. The van der Waals surface area contributed by atoms with Gasteiger partial charge in [-0.05, 0) is 86.9 Å². The molecule has 0 aliphatic heterocycles. The molecule has 1 aliphatic carbocycles. The Hall–Kier alpha value is -0.820. The average molecular weight is 259 g/mol. The van der Waals surface area contributed by atoms with Gasteiger partial charge >= 0.3 is 0 Å². The van der Waals surface area contributed by atoms with Crippen molar-refractivity contribution in [2.24, 2.45) is 5.92 Å².